The molecule has 0 saturated heterocycles. The summed E-state index contributed by atoms with van der Waals surface area (Å²) >= 11 is 1.37. The Hall–Kier alpha value is -0.430. The largest absolute Gasteiger partial charge is 0.314 e. The Morgan fingerprint density at radius 1 is 1.40 bits per heavy atom. The van der Waals surface area contributed by atoms with Crippen molar-refractivity contribution in [3.63, 3.8) is 0 Å². The molecule has 1 aromatic heterocycles. The molecule has 1 atom stereocenters. The van der Waals surface area contributed by atoms with Crippen LogP contribution in [0.3, 0.4) is 0 Å². The van der Waals surface area contributed by atoms with E-state index < -0.39 is 10.0 Å². The molecule has 0 amide bonds. The topological polar surface area (TPSA) is 58.2 Å². The zero-order chi connectivity index (χ0) is 15.0. The first-order chi connectivity index (χ1) is 9.21. The molecule has 114 valence electrons. The fourth-order valence-corrected chi connectivity index (χ4v) is 4.81. The van der Waals surface area contributed by atoms with Gasteiger partial charge in [-0.25, -0.2) is 13.1 Å². The maximum atomic E-state index is 12.2. The molecule has 1 aliphatic rings. The van der Waals surface area contributed by atoms with Crippen LogP contribution in [0.15, 0.2) is 16.3 Å². The molecule has 6 heteroatoms. The van der Waals surface area contributed by atoms with E-state index in [9.17, 15) is 8.42 Å². The molecule has 1 heterocycles. The molecule has 2 N–H and O–H groups in total. The van der Waals surface area contributed by atoms with Crippen LogP contribution in [-0.4, -0.2) is 27.0 Å². The van der Waals surface area contributed by atoms with Crippen LogP contribution in [0.5, 0.6) is 0 Å². The van der Waals surface area contributed by atoms with Gasteiger partial charge in [0, 0.05) is 23.5 Å². The third-order valence-electron chi connectivity index (χ3n) is 3.64. The molecule has 1 unspecified atom stereocenters. The van der Waals surface area contributed by atoms with Crippen LogP contribution in [0.25, 0.3) is 0 Å². The molecule has 1 aromatic rings. The quantitative estimate of drug-likeness (QED) is 0.812. The molecule has 0 bridgehead atoms. The van der Waals surface area contributed by atoms with Gasteiger partial charge < -0.3 is 5.32 Å². The van der Waals surface area contributed by atoms with Crippen LogP contribution in [-0.2, 0) is 16.4 Å². The number of sulfonamides is 1. The summed E-state index contributed by atoms with van der Waals surface area (Å²) in [7, 11) is -3.34. The van der Waals surface area contributed by atoms with E-state index in [0.29, 0.717) is 10.3 Å². The first-order valence-electron chi connectivity index (χ1n) is 7.05. The molecule has 1 fully saturated rings. The van der Waals surface area contributed by atoms with Crippen LogP contribution in [0.1, 0.15) is 39.0 Å². The van der Waals surface area contributed by atoms with Crippen molar-refractivity contribution >= 4 is 21.4 Å². The highest BCUT2D eigenvalue weighted by Gasteiger charge is 2.48. The molecular weight excluding hydrogens is 292 g/mol. The number of hydrogen-bond donors (Lipinski definition) is 2. The summed E-state index contributed by atoms with van der Waals surface area (Å²) in [4.78, 5) is 1.11. The highest BCUT2D eigenvalue weighted by Crippen LogP contribution is 2.45. The lowest BCUT2D eigenvalue weighted by atomic mass is 10.2. The van der Waals surface area contributed by atoms with E-state index in [1.165, 1.54) is 11.3 Å². The summed E-state index contributed by atoms with van der Waals surface area (Å²) in [6, 6.07) is 4.17. The van der Waals surface area contributed by atoms with Gasteiger partial charge in [-0.3, -0.25) is 0 Å². The van der Waals surface area contributed by atoms with E-state index in [0.717, 1.165) is 24.3 Å². The Kier molecular flexibility index (Phi) is 4.59. The molecule has 2 rings (SSSR count). The minimum absolute atomic E-state index is 0.0839. The van der Waals surface area contributed by atoms with Crippen LogP contribution >= 0.6 is 11.3 Å². The molecule has 1 saturated carbocycles. The zero-order valence-electron chi connectivity index (χ0n) is 12.6. The lowest BCUT2D eigenvalue weighted by molar-refractivity contribution is 0.556. The Morgan fingerprint density at radius 3 is 2.60 bits per heavy atom. The van der Waals surface area contributed by atoms with Crippen molar-refractivity contribution in [2.75, 3.05) is 6.54 Å². The van der Waals surface area contributed by atoms with Gasteiger partial charge in [-0.2, -0.15) is 0 Å². The highest BCUT2D eigenvalue weighted by atomic mass is 32.2. The Balaban J connectivity index is 1.94. The smallest absolute Gasteiger partial charge is 0.250 e. The molecule has 20 heavy (non-hydrogen) atoms. The third-order valence-corrected chi connectivity index (χ3v) is 6.75. The second-order valence-corrected chi connectivity index (χ2v) is 9.56. The first kappa shape index (κ1) is 15.9. The second-order valence-electron chi connectivity index (χ2n) is 6.45. The summed E-state index contributed by atoms with van der Waals surface area (Å²) in [5, 5.41) is 3.34. The van der Waals surface area contributed by atoms with Crippen molar-refractivity contribution in [1.29, 1.82) is 0 Å². The third kappa shape index (κ3) is 4.04. The summed E-state index contributed by atoms with van der Waals surface area (Å²) in [6.07, 6.45) is 1.79. The van der Waals surface area contributed by atoms with Gasteiger partial charge in [0.2, 0.25) is 10.0 Å². The van der Waals surface area contributed by atoms with Crippen molar-refractivity contribution in [1.82, 2.24) is 10.0 Å². The molecule has 0 aliphatic heterocycles. The van der Waals surface area contributed by atoms with E-state index in [4.69, 9.17) is 0 Å². The fourth-order valence-electron chi connectivity index (χ4n) is 2.03. The van der Waals surface area contributed by atoms with Crippen LogP contribution in [0, 0.1) is 5.41 Å². The van der Waals surface area contributed by atoms with Gasteiger partial charge in [-0.05, 0) is 30.4 Å². The average molecular weight is 316 g/mol. The van der Waals surface area contributed by atoms with E-state index in [1.54, 1.807) is 6.07 Å². The van der Waals surface area contributed by atoms with Gasteiger partial charge in [-0.15, -0.1) is 11.3 Å². The molecule has 0 radical (unpaired) electrons. The van der Waals surface area contributed by atoms with Gasteiger partial charge >= 0.3 is 0 Å². The van der Waals surface area contributed by atoms with Gasteiger partial charge in [0.1, 0.15) is 4.21 Å². The maximum absolute atomic E-state index is 12.2. The predicted octanol–water partition coefficient (Wildman–Crippen LogP) is 2.37. The second kappa shape index (κ2) is 5.75. The maximum Gasteiger partial charge on any atom is 0.250 e. The molecule has 1 aliphatic carbocycles. The van der Waals surface area contributed by atoms with Crippen molar-refractivity contribution in [2.45, 2.75) is 56.8 Å². The van der Waals surface area contributed by atoms with Crippen LogP contribution < -0.4 is 10.0 Å². The average Bonchev–Trinajstić information content (AvgIpc) is 2.76. The lowest BCUT2D eigenvalue weighted by Crippen LogP contribution is -2.27. The fraction of sp³-hybridized carbons (Fsp3) is 0.714. The van der Waals surface area contributed by atoms with Crippen molar-refractivity contribution in [3.05, 3.63) is 17.0 Å². The lowest BCUT2D eigenvalue weighted by Gasteiger charge is -2.07. The van der Waals surface area contributed by atoms with Gasteiger partial charge in [0.05, 0.1) is 0 Å². The highest BCUT2D eigenvalue weighted by molar-refractivity contribution is 7.91. The van der Waals surface area contributed by atoms with Gasteiger partial charge in [0.25, 0.3) is 0 Å². The minimum atomic E-state index is -3.34. The summed E-state index contributed by atoms with van der Waals surface area (Å²) in [6.45, 7) is 9.24. The standard InChI is InChI=1S/C14H24N2O2S2/c1-10(2)15-8-7-11-5-6-13(19-11)20(17,18)16-12-9-14(12,3)4/h5-6,10,12,15-16H,7-9H2,1-4H3. The van der Waals surface area contributed by atoms with Gasteiger partial charge in [0.15, 0.2) is 0 Å². The number of nitrogens with one attached hydrogen (secondary N) is 2. The van der Waals surface area contributed by atoms with Crippen LogP contribution in [0.2, 0.25) is 0 Å². The number of hydrogen-bond acceptors (Lipinski definition) is 4. The Morgan fingerprint density at radius 2 is 2.05 bits per heavy atom. The van der Waals surface area contributed by atoms with E-state index in [-0.39, 0.29) is 11.5 Å². The van der Waals surface area contributed by atoms with E-state index in [2.05, 4.69) is 37.7 Å². The number of rotatable bonds is 7. The Bertz CT molecular complexity index is 561. The zero-order valence-corrected chi connectivity index (χ0v) is 14.2. The molecule has 4 nitrogen and oxygen atoms in total. The van der Waals surface area contributed by atoms with Crippen LogP contribution in [0.4, 0.5) is 0 Å². The molecular formula is C14H24N2O2S2. The minimum Gasteiger partial charge on any atom is -0.314 e. The van der Waals surface area contributed by atoms with E-state index >= 15 is 0 Å². The summed E-state index contributed by atoms with van der Waals surface area (Å²) in [5.74, 6) is 0. The molecule has 0 aromatic carbocycles. The summed E-state index contributed by atoms with van der Waals surface area (Å²) in [5.41, 5.74) is 0.105. The monoisotopic (exact) mass is 316 g/mol. The normalized spacial score (nSPS) is 21.4. The van der Waals surface area contributed by atoms with Crippen molar-refractivity contribution in [2.24, 2.45) is 5.41 Å². The van der Waals surface area contributed by atoms with Gasteiger partial charge in [-0.1, -0.05) is 27.7 Å². The first-order valence-corrected chi connectivity index (χ1v) is 9.35. The van der Waals surface area contributed by atoms with Crippen molar-refractivity contribution < 1.29 is 8.42 Å². The predicted molar refractivity (Wildman–Crippen MR) is 83.7 cm³/mol. The number of thiophene rings is 1. The van der Waals surface area contributed by atoms with E-state index in [1.807, 2.05) is 6.07 Å². The van der Waals surface area contributed by atoms with Crippen molar-refractivity contribution in [3.8, 4) is 0 Å². The SMILES string of the molecule is CC(C)NCCc1ccc(S(=O)(=O)NC2CC2(C)C)s1. The molecule has 0 spiro atoms. The Labute approximate surface area is 126 Å². The summed E-state index contributed by atoms with van der Waals surface area (Å²) < 4.78 is 27.7.